The molecule has 13 heteroatoms. The number of aromatic nitrogens is 5. The highest BCUT2D eigenvalue weighted by atomic mass is 16.5. The maximum absolute atomic E-state index is 13.5. The molecule has 1 aromatic carbocycles. The molecule has 44 heavy (non-hydrogen) atoms. The van der Waals surface area contributed by atoms with Gasteiger partial charge in [-0.1, -0.05) is 57.2 Å². The molecule has 0 unspecified atom stereocenters. The zero-order valence-electron chi connectivity index (χ0n) is 25.5. The van der Waals surface area contributed by atoms with Crippen molar-refractivity contribution in [1.82, 2.24) is 30.0 Å². The van der Waals surface area contributed by atoms with Gasteiger partial charge in [0.2, 0.25) is 23.4 Å². The predicted octanol–water partition coefficient (Wildman–Crippen LogP) is 3.78. The topological polar surface area (TPSA) is 171 Å². The molecule has 0 aliphatic rings. The van der Waals surface area contributed by atoms with Gasteiger partial charge in [-0.05, 0) is 43.4 Å². The third-order valence-corrected chi connectivity index (χ3v) is 7.14. The minimum absolute atomic E-state index is 0.202. The van der Waals surface area contributed by atoms with Gasteiger partial charge >= 0.3 is 6.09 Å². The minimum atomic E-state index is -1.04. The summed E-state index contributed by atoms with van der Waals surface area (Å²) < 4.78 is 11.6. The second-order valence-electron chi connectivity index (χ2n) is 11.0. The Morgan fingerprint density at radius 2 is 1.75 bits per heavy atom. The van der Waals surface area contributed by atoms with Crippen molar-refractivity contribution in [2.45, 2.75) is 59.0 Å². The average Bonchev–Trinajstić information content (AvgIpc) is 3.53. The molecule has 3 heterocycles. The van der Waals surface area contributed by atoms with E-state index in [1.807, 2.05) is 32.9 Å². The number of rotatable bonds is 11. The van der Waals surface area contributed by atoms with Crippen LogP contribution in [-0.2, 0) is 27.9 Å². The van der Waals surface area contributed by atoms with Gasteiger partial charge in [0.05, 0.1) is 36.2 Å². The summed E-state index contributed by atoms with van der Waals surface area (Å²) in [5.41, 5.74) is 1.22. The van der Waals surface area contributed by atoms with E-state index < -0.39 is 41.3 Å². The van der Waals surface area contributed by atoms with E-state index in [2.05, 4.69) is 35.5 Å². The van der Waals surface area contributed by atoms with E-state index in [1.54, 1.807) is 50.4 Å². The first kappa shape index (κ1) is 31.7. The maximum Gasteiger partial charge on any atom is 0.412 e. The number of nitrogens with one attached hydrogen (secondary N) is 2. The quantitative estimate of drug-likeness (QED) is 0.241. The Labute approximate surface area is 254 Å². The van der Waals surface area contributed by atoms with Crippen LogP contribution in [0.2, 0.25) is 0 Å². The van der Waals surface area contributed by atoms with E-state index in [-0.39, 0.29) is 23.5 Å². The minimum Gasteiger partial charge on any atom is -0.453 e. The van der Waals surface area contributed by atoms with Crippen LogP contribution in [0.3, 0.4) is 0 Å². The van der Waals surface area contributed by atoms with Crippen molar-refractivity contribution in [3.8, 4) is 11.3 Å². The molecule has 0 saturated heterocycles. The van der Waals surface area contributed by atoms with Crippen LogP contribution in [0.4, 0.5) is 10.6 Å². The van der Waals surface area contributed by atoms with Gasteiger partial charge in [0.15, 0.2) is 0 Å². The number of anilines is 1. The largest absolute Gasteiger partial charge is 0.453 e. The molecule has 2 N–H and O–H groups in total. The van der Waals surface area contributed by atoms with Gasteiger partial charge in [-0.2, -0.15) is 0 Å². The van der Waals surface area contributed by atoms with Crippen LogP contribution in [0, 0.1) is 5.92 Å². The van der Waals surface area contributed by atoms with Crippen LogP contribution >= 0.6 is 0 Å². The summed E-state index contributed by atoms with van der Waals surface area (Å²) >= 11 is 0. The Hall–Kier alpha value is -5.20. The van der Waals surface area contributed by atoms with Crippen LogP contribution in [-0.4, -0.2) is 55.7 Å². The molecule has 0 fully saturated rings. The fourth-order valence-corrected chi connectivity index (χ4v) is 4.44. The van der Waals surface area contributed by atoms with Crippen LogP contribution < -0.4 is 16.2 Å². The van der Waals surface area contributed by atoms with Crippen molar-refractivity contribution in [3.63, 3.8) is 0 Å². The SMILES string of the molecule is CCc1ccc(C(C)(C)c2nnc(C(=O)[C@H](NC(=O)Cn3c(-c4ccccc4)cnc(NC(=O)OC)c3=O)C(C)C)o2)nc1. The number of carbonyl (C=O) groups excluding carboxylic acids is 3. The molecular weight excluding hydrogens is 566 g/mol. The number of amides is 2. The number of hydrogen-bond donors (Lipinski definition) is 2. The third-order valence-electron chi connectivity index (χ3n) is 7.14. The number of benzene rings is 1. The molecule has 0 bridgehead atoms. The van der Waals surface area contributed by atoms with Crippen molar-refractivity contribution < 1.29 is 23.5 Å². The van der Waals surface area contributed by atoms with Gasteiger partial charge in [-0.25, -0.2) is 9.78 Å². The second kappa shape index (κ2) is 13.4. The van der Waals surface area contributed by atoms with Crippen LogP contribution in [0.5, 0.6) is 0 Å². The number of Topliss-reactive ketones (excluding diaryl/α,β-unsaturated/α-hetero) is 1. The first-order valence-electron chi connectivity index (χ1n) is 14.1. The number of ether oxygens (including phenoxy) is 1. The Morgan fingerprint density at radius 3 is 2.36 bits per heavy atom. The zero-order valence-corrected chi connectivity index (χ0v) is 25.5. The van der Waals surface area contributed by atoms with Crippen LogP contribution in [0.25, 0.3) is 11.3 Å². The molecule has 0 radical (unpaired) electrons. The maximum atomic E-state index is 13.5. The number of ketones is 1. The average molecular weight is 602 g/mol. The third kappa shape index (κ3) is 6.88. The highest BCUT2D eigenvalue weighted by molar-refractivity contribution is 5.98. The van der Waals surface area contributed by atoms with E-state index in [9.17, 15) is 19.2 Å². The molecule has 4 rings (SSSR count). The molecule has 2 amide bonds. The Kier molecular flexibility index (Phi) is 9.67. The van der Waals surface area contributed by atoms with E-state index in [1.165, 1.54) is 6.20 Å². The molecular formula is C31H35N7O6. The normalized spacial score (nSPS) is 12.1. The van der Waals surface area contributed by atoms with Gasteiger partial charge in [0.1, 0.15) is 6.54 Å². The van der Waals surface area contributed by atoms with Crippen molar-refractivity contribution in [2.75, 3.05) is 12.4 Å². The number of aryl methyl sites for hydroxylation is 1. The highest BCUT2D eigenvalue weighted by Crippen LogP contribution is 2.29. The highest BCUT2D eigenvalue weighted by Gasteiger charge is 2.35. The summed E-state index contributed by atoms with van der Waals surface area (Å²) in [6.45, 7) is 8.82. The molecule has 0 spiro atoms. The Bertz CT molecular complexity index is 1690. The van der Waals surface area contributed by atoms with Crippen molar-refractivity contribution in [1.29, 1.82) is 0 Å². The second-order valence-corrected chi connectivity index (χ2v) is 11.0. The lowest BCUT2D eigenvalue weighted by atomic mass is 9.88. The summed E-state index contributed by atoms with van der Waals surface area (Å²) in [5, 5.41) is 13.1. The monoisotopic (exact) mass is 601 g/mol. The summed E-state index contributed by atoms with van der Waals surface area (Å²) in [7, 11) is 1.15. The molecule has 0 aliphatic carbocycles. The predicted molar refractivity (Wildman–Crippen MR) is 161 cm³/mol. The van der Waals surface area contributed by atoms with Gasteiger partial charge in [-0.3, -0.25) is 29.3 Å². The lowest BCUT2D eigenvalue weighted by Crippen LogP contribution is -2.46. The fraction of sp³-hybridized carbons (Fsp3) is 0.355. The van der Waals surface area contributed by atoms with E-state index >= 15 is 0 Å². The molecule has 0 aliphatic heterocycles. The van der Waals surface area contributed by atoms with Crippen molar-refractivity contribution in [3.05, 3.63) is 88.3 Å². The van der Waals surface area contributed by atoms with Crippen LogP contribution in [0.15, 0.2) is 64.1 Å². The first-order valence-corrected chi connectivity index (χ1v) is 14.1. The van der Waals surface area contributed by atoms with Gasteiger partial charge < -0.3 is 14.5 Å². The van der Waals surface area contributed by atoms with Crippen molar-refractivity contribution in [2.24, 2.45) is 5.92 Å². The van der Waals surface area contributed by atoms with E-state index in [0.717, 1.165) is 23.7 Å². The number of pyridine rings is 1. The summed E-state index contributed by atoms with van der Waals surface area (Å²) in [6, 6.07) is 11.7. The van der Waals surface area contributed by atoms with Crippen LogP contribution in [0.1, 0.15) is 62.5 Å². The summed E-state index contributed by atoms with van der Waals surface area (Å²) in [4.78, 5) is 60.6. The van der Waals surface area contributed by atoms with E-state index in [4.69, 9.17) is 4.42 Å². The molecule has 0 saturated carbocycles. The molecule has 4 aromatic rings. The standard InChI is InChI=1S/C31H35N7O6/c1-7-19-13-14-22(32-15-19)31(4,5)29-37-36-27(44-29)25(40)24(18(2)3)34-23(39)17-38-21(20-11-9-8-10-12-20)16-33-26(28(38)41)35-30(42)43-6/h8-16,18,24H,7,17H2,1-6H3,(H,34,39)(H,33,35,42)/t24-/m1/s1. The number of hydrogen-bond acceptors (Lipinski definition) is 10. The summed E-state index contributed by atoms with van der Waals surface area (Å²) in [6.07, 6.45) is 3.12. The number of methoxy groups -OCH3 is 1. The Balaban J connectivity index is 1.58. The number of carbonyl (C=O) groups is 3. The number of nitrogens with zero attached hydrogens (tertiary/aromatic N) is 5. The van der Waals surface area contributed by atoms with Gasteiger partial charge in [-0.15, -0.1) is 10.2 Å². The van der Waals surface area contributed by atoms with Gasteiger partial charge in [0, 0.05) is 6.20 Å². The van der Waals surface area contributed by atoms with Gasteiger partial charge in [0.25, 0.3) is 11.4 Å². The summed E-state index contributed by atoms with van der Waals surface area (Å²) in [5.74, 6) is -1.94. The van der Waals surface area contributed by atoms with E-state index in [0.29, 0.717) is 17.0 Å². The fourth-order valence-electron chi connectivity index (χ4n) is 4.44. The molecule has 1 atom stereocenters. The molecule has 3 aromatic heterocycles. The lowest BCUT2D eigenvalue weighted by molar-refractivity contribution is -0.122. The molecule has 13 nitrogen and oxygen atoms in total. The first-order chi connectivity index (χ1) is 21.0. The Morgan fingerprint density at radius 1 is 1.02 bits per heavy atom. The lowest BCUT2D eigenvalue weighted by Gasteiger charge is -2.21. The smallest absolute Gasteiger partial charge is 0.412 e. The van der Waals surface area contributed by atoms with Crippen molar-refractivity contribution >= 4 is 23.6 Å². The zero-order chi connectivity index (χ0) is 32.0. The molecule has 230 valence electrons.